The summed E-state index contributed by atoms with van der Waals surface area (Å²) in [6.07, 6.45) is 4.03. The summed E-state index contributed by atoms with van der Waals surface area (Å²) in [5.74, 6) is 1.26. The molecule has 2 aromatic heterocycles. The molecule has 6 heteroatoms. The molecule has 0 atom stereocenters. The van der Waals surface area contributed by atoms with Crippen LogP contribution in [0.4, 0.5) is 5.82 Å². The quantitative estimate of drug-likeness (QED) is 0.901. The molecule has 0 unspecified atom stereocenters. The van der Waals surface area contributed by atoms with Crippen molar-refractivity contribution in [3.8, 4) is 0 Å². The number of hydrogen-bond donors (Lipinski definition) is 2. The first-order valence-electron chi connectivity index (χ1n) is 6.96. The molecule has 108 valence electrons. The van der Waals surface area contributed by atoms with Gasteiger partial charge < -0.3 is 10.8 Å². The van der Waals surface area contributed by atoms with E-state index in [2.05, 4.69) is 14.9 Å². The van der Waals surface area contributed by atoms with Crippen molar-refractivity contribution in [3.63, 3.8) is 0 Å². The molecule has 1 aliphatic rings. The van der Waals surface area contributed by atoms with E-state index in [0.29, 0.717) is 18.9 Å². The Balaban J connectivity index is 1.72. The highest BCUT2D eigenvalue weighted by Gasteiger charge is 2.32. The third-order valence-electron chi connectivity index (χ3n) is 3.91. The smallest absolute Gasteiger partial charge is 0.146 e. The highest BCUT2D eigenvalue weighted by molar-refractivity contribution is 7.16. The van der Waals surface area contributed by atoms with Crippen molar-refractivity contribution in [1.82, 2.24) is 14.9 Å². The summed E-state index contributed by atoms with van der Waals surface area (Å²) in [7, 11) is 1.99. The number of fused-ring (bicyclic) bond motifs is 1. The Kier molecular flexibility index (Phi) is 3.62. The lowest BCUT2D eigenvalue weighted by Crippen LogP contribution is -2.39. The van der Waals surface area contributed by atoms with Crippen molar-refractivity contribution < 1.29 is 5.11 Å². The summed E-state index contributed by atoms with van der Waals surface area (Å²) in [4.78, 5) is 11.9. The van der Waals surface area contributed by atoms with Crippen molar-refractivity contribution in [2.45, 2.75) is 37.8 Å². The summed E-state index contributed by atoms with van der Waals surface area (Å²) >= 11 is 1.58. The van der Waals surface area contributed by atoms with Crippen LogP contribution < -0.4 is 5.73 Å². The number of rotatable bonds is 4. The van der Waals surface area contributed by atoms with Crippen LogP contribution >= 0.6 is 11.3 Å². The molecule has 1 fully saturated rings. The normalized spacial score (nSPS) is 18.1. The van der Waals surface area contributed by atoms with E-state index in [4.69, 9.17) is 5.73 Å². The fourth-order valence-electron chi connectivity index (χ4n) is 2.99. The fourth-order valence-corrected chi connectivity index (χ4v) is 3.78. The van der Waals surface area contributed by atoms with Crippen molar-refractivity contribution in [3.05, 3.63) is 17.3 Å². The lowest BCUT2D eigenvalue weighted by atomic mass is 10.0. The van der Waals surface area contributed by atoms with E-state index in [1.165, 1.54) is 0 Å². The van der Waals surface area contributed by atoms with Gasteiger partial charge in [0.15, 0.2) is 0 Å². The van der Waals surface area contributed by atoms with Gasteiger partial charge in [-0.2, -0.15) is 0 Å². The largest absolute Gasteiger partial charge is 0.389 e. The Hall–Kier alpha value is -1.24. The highest BCUT2D eigenvalue weighted by atomic mass is 32.1. The molecular formula is C14H20N4OS. The second kappa shape index (κ2) is 5.27. The van der Waals surface area contributed by atoms with E-state index < -0.39 is 5.60 Å². The van der Waals surface area contributed by atoms with E-state index in [-0.39, 0.29) is 0 Å². The summed E-state index contributed by atoms with van der Waals surface area (Å²) < 4.78 is 0. The first-order chi connectivity index (χ1) is 9.56. The molecule has 3 rings (SSSR count). The highest BCUT2D eigenvalue weighted by Crippen LogP contribution is 2.30. The predicted octanol–water partition coefficient (Wildman–Crippen LogP) is 2.01. The van der Waals surface area contributed by atoms with Gasteiger partial charge in [-0.1, -0.05) is 12.8 Å². The first-order valence-corrected chi connectivity index (χ1v) is 7.84. The molecule has 2 heterocycles. The van der Waals surface area contributed by atoms with Crippen molar-refractivity contribution in [2.24, 2.45) is 0 Å². The minimum atomic E-state index is -0.534. The van der Waals surface area contributed by atoms with Gasteiger partial charge in [0.25, 0.3) is 0 Å². The minimum Gasteiger partial charge on any atom is -0.389 e. The number of anilines is 1. The van der Waals surface area contributed by atoms with Gasteiger partial charge in [-0.05, 0) is 31.3 Å². The number of likely N-dealkylation sites (N-methyl/N-ethyl adjacent to an activating group) is 1. The van der Waals surface area contributed by atoms with Crippen molar-refractivity contribution in [1.29, 1.82) is 0 Å². The maximum Gasteiger partial charge on any atom is 0.146 e. The predicted molar refractivity (Wildman–Crippen MR) is 81.6 cm³/mol. The van der Waals surface area contributed by atoms with Crippen LogP contribution in [0.5, 0.6) is 0 Å². The molecule has 20 heavy (non-hydrogen) atoms. The number of aromatic nitrogens is 2. The van der Waals surface area contributed by atoms with Crippen LogP contribution in [0.25, 0.3) is 10.2 Å². The summed E-state index contributed by atoms with van der Waals surface area (Å²) in [5.41, 5.74) is 5.42. The second-order valence-corrected chi connectivity index (χ2v) is 6.66. The van der Waals surface area contributed by atoms with Crippen molar-refractivity contribution >= 4 is 27.4 Å². The third kappa shape index (κ3) is 2.77. The van der Waals surface area contributed by atoms with Gasteiger partial charge in [0.2, 0.25) is 0 Å². The Morgan fingerprint density at radius 1 is 1.40 bits per heavy atom. The standard InChI is InChI=1S/C14H20N4OS/c1-18(9-14(19)5-2-3-6-14)8-11-16-12(15)10-4-7-20-13(10)17-11/h4,7,19H,2-3,5-6,8-9H2,1H3,(H2,15,16,17). The monoisotopic (exact) mass is 292 g/mol. The number of nitrogens with zero attached hydrogens (tertiary/aromatic N) is 3. The Morgan fingerprint density at radius 2 is 2.15 bits per heavy atom. The lowest BCUT2D eigenvalue weighted by Gasteiger charge is -2.28. The number of nitrogen functional groups attached to an aromatic ring is 1. The zero-order valence-electron chi connectivity index (χ0n) is 11.7. The van der Waals surface area contributed by atoms with E-state index >= 15 is 0 Å². The third-order valence-corrected chi connectivity index (χ3v) is 4.72. The molecule has 3 N–H and O–H groups in total. The molecule has 1 aliphatic carbocycles. The summed E-state index contributed by atoms with van der Waals surface area (Å²) in [6, 6.07) is 1.95. The van der Waals surface area contributed by atoms with Crippen LogP contribution in [0.3, 0.4) is 0 Å². The fraction of sp³-hybridized carbons (Fsp3) is 0.571. The van der Waals surface area contributed by atoms with Crippen LogP contribution in [-0.4, -0.2) is 39.2 Å². The van der Waals surface area contributed by atoms with Crippen LogP contribution in [-0.2, 0) is 6.54 Å². The zero-order chi connectivity index (χ0) is 14.2. The van der Waals surface area contributed by atoms with Crippen molar-refractivity contribution in [2.75, 3.05) is 19.3 Å². The second-order valence-electron chi connectivity index (χ2n) is 5.77. The van der Waals surface area contributed by atoms with Gasteiger partial charge in [0.05, 0.1) is 17.5 Å². The van der Waals surface area contributed by atoms with Gasteiger partial charge in [-0.15, -0.1) is 11.3 Å². The average Bonchev–Trinajstić information content (AvgIpc) is 2.98. The molecule has 2 aromatic rings. The number of thiophene rings is 1. The molecule has 5 nitrogen and oxygen atoms in total. The van der Waals surface area contributed by atoms with E-state index in [9.17, 15) is 5.11 Å². The van der Waals surface area contributed by atoms with Crippen LogP contribution in [0.1, 0.15) is 31.5 Å². The number of aliphatic hydroxyl groups is 1. The van der Waals surface area contributed by atoms with Gasteiger partial charge in [-0.25, -0.2) is 9.97 Å². The lowest BCUT2D eigenvalue weighted by molar-refractivity contribution is 0.0140. The Bertz CT molecular complexity index is 606. The van der Waals surface area contributed by atoms with Crippen LogP contribution in [0, 0.1) is 0 Å². The molecule has 1 saturated carbocycles. The average molecular weight is 292 g/mol. The molecule has 0 bridgehead atoms. The molecule has 0 aromatic carbocycles. The maximum absolute atomic E-state index is 10.4. The number of nitrogens with two attached hydrogens (primary N) is 1. The van der Waals surface area contributed by atoms with Crippen LogP contribution in [0.2, 0.25) is 0 Å². The SMILES string of the molecule is CN(Cc1nc(N)c2ccsc2n1)CC1(O)CCCC1. The zero-order valence-corrected chi connectivity index (χ0v) is 12.5. The summed E-state index contributed by atoms with van der Waals surface area (Å²) in [6.45, 7) is 1.28. The molecule has 0 saturated heterocycles. The Labute approximate surface area is 122 Å². The topological polar surface area (TPSA) is 75.3 Å². The van der Waals surface area contributed by atoms with Gasteiger partial charge in [0, 0.05) is 6.54 Å². The summed E-state index contributed by atoms with van der Waals surface area (Å²) in [5, 5.41) is 13.3. The molecule has 0 amide bonds. The van der Waals surface area contributed by atoms with E-state index in [0.717, 1.165) is 41.7 Å². The molecule has 0 spiro atoms. The van der Waals surface area contributed by atoms with E-state index in [1.54, 1.807) is 11.3 Å². The Morgan fingerprint density at radius 3 is 2.90 bits per heavy atom. The maximum atomic E-state index is 10.4. The van der Waals surface area contributed by atoms with Crippen LogP contribution in [0.15, 0.2) is 11.4 Å². The molecular weight excluding hydrogens is 272 g/mol. The van der Waals surface area contributed by atoms with Gasteiger partial charge >= 0.3 is 0 Å². The van der Waals surface area contributed by atoms with Gasteiger partial charge in [-0.3, -0.25) is 4.90 Å². The van der Waals surface area contributed by atoms with Gasteiger partial charge in [0.1, 0.15) is 16.5 Å². The van der Waals surface area contributed by atoms with E-state index in [1.807, 2.05) is 18.5 Å². The first kappa shape index (κ1) is 13.7. The molecule has 0 radical (unpaired) electrons. The number of hydrogen-bond acceptors (Lipinski definition) is 6. The molecule has 0 aliphatic heterocycles. The minimum absolute atomic E-state index is 0.534.